The Labute approximate surface area is 176 Å². The van der Waals surface area contributed by atoms with Gasteiger partial charge in [-0.25, -0.2) is 9.98 Å². The van der Waals surface area contributed by atoms with Crippen molar-refractivity contribution in [3.8, 4) is 0 Å². The zero-order valence-electron chi connectivity index (χ0n) is 17.1. The van der Waals surface area contributed by atoms with E-state index in [1.165, 1.54) is 0 Å². The smallest absolute Gasteiger partial charge is 0.291 e. The molecule has 0 unspecified atom stereocenters. The number of hydrogen-bond donors (Lipinski definition) is 2. The maximum Gasteiger partial charge on any atom is 0.291 e. The molecule has 0 atom stereocenters. The van der Waals surface area contributed by atoms with Crippen LogP contribution in [0, 0.1) is 0 Å². The molecule has 8 nitrogen and oxygen atoms in total. The van der Waals surface area contributed by atoms with Crippen molar-refractivity contribution in [3.05, 3.63) is 71.8 Å². The van der Waals surface area contributed by atoms with Crippen LogP contribution in [-0.2, 0) is 9.47 Å². The first-order valence-corrected chi connectivity index (χ1v) is 9.71. The van der Waals surface area contributed by atoms with E-state index in [0.717, 1.165) is 0 Å². The summed E-state index contributed by atoms with van der Waals surface area (Å²) in [5.41, 5.74) is 1.01. The number of benzene rings is 2. The molecule has 2 aromatic carbocycles. The van der Waals surface area contributed by atoms with Gasteiger partial charge in [0.25, 0.3) is 23.9 Å². The van der Waals surface area contributed by atoms with Crippen molar-refractivity contribution in [2.75, 3.05) is 26.3 Å². The lowest BCUT2D eigenvalue weighted by Crippen LogP contribution is -2.33. The van der Waals surface area contributed by atoms with Gasteiger partial charge in [0.2, 0.25) is 0 Å². The molecule has 0 bridgehead atoms. The van der Waals surface area contributed by atoms with Crippen molar-refractivity contribution in [1.82, 2.24) is 10.6 Å². The molecule has 2 aromatic rings. The molecule has 0 fully saturated rings. The van der Waals surface area contributed by atoms with Gasteiger partial charge in [0.05, 0.1) is 26.3 Å². The van der Waals surface area contributed by atoms with Crippen LogP contribution in [0.15, 0.2) is 70.6 Å². The SMILES string of the molecule is CCOC(=NCCN=C(NC(=O)c1ccccc1)OCC)NC(=O)c1ccccc1. The molecule has 2 rings (SSSR count). The van der Waals surface area contributed by atoms with Gasteiger partial charge in [-0.15, -0.1) is 0 Å². The van der Waals surface area contributed by atoms with Crippen molar-refractivity contribution in [3.63, 3.8) is 0 Å². The lowest BCUT2D eigenvalue weighted by molar-refractivity contribution is 0.0957. The molecule has 158 valence electrons. The number of nitrogens with one attached hydrogen (secondary N) is 2. The molecule has 2 N–H and O–H groups in total. The Balaban J connectivity index is 1.94. The van der Waals surface area contributed by atoms with Crippen LogP contribution < -0.4 is 10.6 Å². The van der Waals surface area contributed by atoms with E-state index >= 15 is 0 Å². The molecule has 0 aromatic heterocycles. The normalized spacial score (nSPS) is 11.5. The average Bonchev–Trinajstić information content (AvgIpc) is 2.78. The summed E-state index contributed by atoms with van der Waals surface area (Å²) in [6.07, 6.45) is 0. The number of aliphatic imine (C=N–C) groups is 2. The van der Waals surface area contributed by atoms with Crippen molar-refractivity contribution >= 4 is 23.9 Å². The van der Waals surface area contributed by atoms with Gasteiger partial charge in [-0.3, -0.25) is 20.2 Å². The summed E-state index contributed by atoms with van der Waals surface area (Å²) in [7, 11) is 0. The summed E-state index contributed by atoms with van der Waals surface area (Å²) in [6.45, 7) is 4.79. The molecule has 0 aliphatic carbocycles. The Bertz CT molecular complexity index is 794. The van der Waals surface area contributed by atoms with E-state index < -0.39 is 0 Å². The standard InChI is InChI=1S/C22H26N4O4/c1-3-29-21(25-19(27)17-11-7-5-8-12-17)23-15-16-24-22(30-4-2)26-20(28)18-13-9-6-10-14-18/h5-14H,3-4,15-16H2,1-2H3,(H,23,25,27)(H,24,26,28). The number of carbonyl (C=O) groups is 2. The van der Waals surface area contributed by atoms with Crippen molar-refractivity contribution in [2.24, 2.45) is 9.98 Å². The molecular weight excluding hydrogens is 384 g/mol. The Morgan fingerprint density at radius 2 is 1.07 bits per heavy atom. The highest BCUT2D eigenvalue weighted by Crippen LogP contribution is 1.99. The lowest BCUT2D eigenvalue weighted by Gasteiger charge is -2.10. The maximum atomic E-state index is 12.2. The first-order chi connectivity index (χ1) is 14.6. The fraction of sp³-hybridized carbons (Fsp3) is 0.273. The van der Waals surface area contributed by atoms with Crippen LogP contribution in [-0.4, -0.2) is 50.2 Å². The number of ether oxygens (including phenoxy) is 2. The predicted molar refractivity (Wildman–Crippen MR) is 116 cm³/mol. The zero-order valence-corrected chi connectivity index (χ0v) is 17.1. The fourth-order valence-corrected chi connectivity index (χ4v) is 2.34. The summed E-state index contributed by atoms with van der Waals surface area (Å²) < 4.78 is 10.8. The van der Waals surface area contributed by atoms with E-state index in [1.807, 2.05) is 12.1 Å². The summed E-state index contributed by atoms with van der Waals surface area (Å²) in [5, 5.41) is 5.28. The molecule has 0 heterocycles. The highest BCUT2D eigenvalue weighted by atomic mass is 16.5. The Morgan fingerprint density at radius 3 is 1.40 bits per heavy atom. The first-order valence-electron chi connectivity index (χ1n) is 9.71. The average molecular weight is 410 g/mol. The van der Waals surface area contributed by atoms with E-state index in [9.17, 15) is 9.59 Å². The molecule has 30 heavy (non-hydrogen) atoms. The van der Waals surface area contributed by atoms with Crippen molar-refractivity contribution in [2.45, 2.75) is 13.8 Å². The second kappa shape index (κ2) is 12.7. The van der Waals surface area contributed by atoms with Gasteiger partial charge >= 0.3 is 0 Å². The van der Waals surface area contributed by atoms with Gasteiger partial charge in [-0.2, -0.15) is 0 Å². The minimum Gasteiger partial charge on any atom is -0.465 e. The summed E-state index contributed by atoms with van der Waals surface area (Å²) >= 11 is 0. The molecule has 0 aliphatic rings. The van der Waals surface area contributed by atoms with Crippen LogP contribution in [0.2, 0.25) is 0 Å². The van der Waals surface area contributed by atoms with Gasteiger partial charge < -0.3 is 9.47 Å². The van der Waals surface area contributed by atoms with Gasteiger partial charge in [0.15, 0.2) is 0 Å². The fourth-order valence-electron chi connectivity index (χ4n) is 2.34. The predicted octanol–water partition coefficient (Wildman–Crippen LogP) is 2.63. The highest BCUT2D eigenvalue weighted by Gasteiger charge is 2.10. The van der Waals surface area contributed by atoms with E-state index in [4.69, 9.17) is 9.47 Å². The maximum absolute atomic E-state index is 12.2. The molecule has 2 amide bonds. The van der Waals surface area contributed by atoms with Gasteiger partial charge in [0, 0.05) is 11.1 Å². The third-order valence-electron chi connectivity index (χ3n) is 3.69. The van der Waals surface area contributed by atoms with E-state index in [1.54, 1.807) is 62.4 Å². The number of carbonyl (C=O) groups excluding carboxylic acids is 2. The Hall–Kier alpha value is -3.68. The number of hydrogen-bond acceptors (Lipinski definition) is 6. The molecule has 0 aliphatic heterocycles. The number of rotatable bonds is 7. The van der Waals surface area contributed by atoms with E-state index in [0.29, 0.717) is 24.3 Å². The highest BCUT2D eigenvalue weighted by molar-refractivity contribution is 6.04. The first kappa shape index (κ1) is 22.6. The topological polar surface area (TPSA) is 101 Å². The molecule has 0 saturated heterocycles. The minimum absolute atomic E-state index is 0.118. The largest absolute Gasteiger partial charge is 0.465 e. The molecule has 0 spiro atoms. The third kappa shape index (κ3) is 7.75. The van der Waals surface area contributed by atoms with Crippen LogP contribution in [0.4, 0.5) is 0 Å². The number of amides is 2. The molecular formula is C22H26N4O4. The van der Waals surface area contributed by atoms with Gasteiger partial charge in [-0.05, 0) is 38.1 Å². The van der Waals surface area contributed by atoms with Crippen LogP contribution in [0.3, 0.4) is 0 Å². The molecule has 0 saturated carbocycles. The van der Waals surface area contributed by atoms with Crippen molar-refractivity contribution in [1.29, 1.82) is 0 Å². The van der Waals surface area contributed by atoms with Crippen LogP contribution in [0.5, 0.6) is 0 Å². The van der Waals surface area contributed by atoms with E-state index in [2.05, 4.69) is 20.6 Å². The number of amidine groups is 2. The van der Waals surface area contributed by atoms with Gasteiger partial charge in [-0.1, -0.05) is 36.4 Å². The monoisotopic (exact) mass is 410 g/mol. The Morgan fingerprint density at radius 1 is 0.700 bits per heavy atom. The lowest BCUT2D eigenvalue weighted by atomic mass is 10.2. The summed E-state index contributed by atoms with van der Waals surface area (Å²) in [6, 6.07) is 17.8. The zero-order chi connectivity index (χ0) is 21.6. The second-order valence-electron chi connectivity index (χ2n) is 5.88. The van der Waals surface area contributed by atoms with Crippen molar-refractivity contribution < 1.29 is 19.1 Å². The quantitative estimate of drug-likeness (QED) is 0.416. The third-order valence-corrected chi connectivity index (χ3v) is 3.69. The minimum atomic E-state index is -0.309. The van der Waals surface area contributed by atoms with Gasteiger partial charge in [0.1, 0.15) is 0 Å². The summed E-state index contributed by atoms with van der Waals surface area (Å²) in [4.78, 5) is 33.0. The summed E-state index contributed by atoms with van der Waals surface area (Å²) in [5.74, 6) is -0.618. The van der Waals surface area contributed by atoms with Crippen LogP contribution in [0.25, 0.3) is 0 Å². The molecule has 0 radical (unpaired) electrons. The Kier molecular flexibility index (Phi) is 9.58. The van der Waals surface area contributed by atoms with Crippen LogP contribution >= 0.6 is 0 Å². The number of nitrogens with zero attached hydrogens (tertiary/aromatic N) is 2. The van der Waals surface area contributed by atoms with Crippen LogP contribution in [0.1, 0.15) is 34.6 Å². The van der Waals surface area contributed by atoms with E-state index in [-0.39, 0.29) is 36.9 Å². The molecule has 8 heteroatoms. The second-order valence-corrected chi connectivity index (χ2v) is 5.88.